The molecule has 1 N–H and O–H groups in total. The summed E-state index contributed by atoms with van der Waals surface area (Å²) in [6, 6.07) is 7.44. The molecular formula is C17H13N3O7. The van der Waals surface area contributed by atoms with Gasteiger partial charge in [-0.3, -0.25) is 14.9 Å². The molecule has 2 aliphatic heterocycles. The van der Waals surface area contributed by atoms with Crippen LogP contribution in [0, 0.1) is 10.1 Å². The van der Waals surface area contributed by atoms with E-state index in [1.165, 1.54) is 18.3 Å². The molecule has 0 radical (unpaired) electrons. The Morgan fingerprint density at radius 2 is 1.74 bits per heavy atom. The number of ether oxygens (including phenoxy) is 4. The van der Waals surface area contributed by atoms with E-state index < -0.39 is 10.8 Å². The standard InChI is InChI=1S/C17H13N3O7/c21-17(10-1-2-13-14(5-10)25-4-3-24-13)19-18-8-11-6-15-16(27-9-26-15)7-12(11)20(22)23/h1-2,5-8H,3-4,9H2,(H,19,21). The van der Waals surface area contributed by atoms with E-state index in [2.05, 4.69) is 10.5 Å². The van der Waals surface area contributed by atoms with Gasteiger partial charge >= 0.3 is 0 Å². The van der Waals surface area contributed by atoms with Crippen LogP contribution >= 0.6 is 0 Å². The van der Waals surface area contributed by atoms with Crippen molar-refractivity contribution >= 4 is 17.8 Å². The number of amides is 1. The van der Waals surface area contributed by atoms with Gasteiger partial charge in [-0.2, -0.15) is 5.10 Å². The molecule has 0 saturated heterocycles. The summed E-state index contributed by atoms with van der Waals surface area (Å²) in [6.07, 6.45) is 1.18. The molecule has 1 amide bonds. The monoisotopic (exact) mass is 371 g/mol. The van der Waals surface area contributed by atoms with E-state index in [0.717, 1.165) is 0 Å². The van der Waals surface area contributed by atoms with Crippen molar-refractivity contribution in [2.24, 2.45) is 5.10 Å². The maximum Gasteiger partial charge on any atom is 0.282 e. The normalized spacial score (nSPS) is 14.2. The third-order valence-electron chi connectivity index (χ3n) is 3.89. The highest BCUT2D eigenvalue weighted by molar-refractivity contribution is 5.96. The van der Waals surface area contributed by atoms with Gasteiger partial charge in [-0.1, -0.05) is 0 Å². The Hall–Kier alpha value is -3.82. The smallest absolute Gasteiger partial charge is 0.282 e. The van der Waals surface area contributed by atoms with E-state index in [-0.39, 0.29) is 18.0 Å². The highest BCUT2D eigenvalue weighted by Gasteiger charge is 2.22. The SMILES string of the molecule is O=C(NN=Cc1cc2c(cc1[N+](=O)[O-])OCO2)c1ccc2c(c1)OCCO2. The van der Waals surface area contributed by atoms with Crippen molar-refractivity contribution in [3.8, 4) is 23.0 Å². The number of rotatable bonds is 4. The number of carbonyl (C=O) groups excluding carboxylic acids is 1. The number of fused-ring (bicyclic) bond motifs is 2. The van der Waals surface area contributed by atoms with Gasteiger partial charge in [-0.05, 0) is 24.3 Å². The number of hydrogen-bond acceptors (Lipinski definition) is 8. The second-order valence-electron chi connectivity index (χ2n) is 5.58. The molecule has 0 unspecified atom stereocenters. The predicted molar refractivity (Wildman–Crippen MR) is 91.7 cm³/mol. The third-order valence-corrected chi connectivity index (χ3v) is 3.89. The molecular weight excluding hydrogens is 358 g/mol. The van der Waals surface area contributed by atoms with Crippen molar-refractivity contribution in [2.75, 3.05) is 20.0 Å². The molecule has 0 saturated carbocycles. The number of benzene rings is 2. The molecule has 2 heterocycles. The van der Waals surface area contributed by atoms with E-state index in [4.69, 9.17) is 18.9 Å². The molecule has 0 aromatic heterocycles. The summed E-state index contributed by atoms with van der Waals surface area (Å²) in [6.45, 7) is 0.856. The first-order valence-corrected chi connectivity index (χ1v) is 7.93. The van der Waals surface area contributed by atoms with Crippen molar-refractivity contribution < 1.29 is 28.7 Å². The molecule has 4 rings (SSSR count). The van der Waals surface area contributed by atoms with Crippen molar-refractivity contribution in [3.05, 3.63) is 51.6 Å². The van der Waals surface area contributed by atoms with Gasteiger partial charge in [0, 0.05) is 5.56 Å². The summed E-state index contributed by atoms with van der Waals surface area (Å²) in [5, 5.41) is 15.0. The van der Waals surface area contributed by atoms with Crippen LogP contribution in [0.25, 0.3) is 0 Å². The summed E-state index contributed by atoms with van der Waals surface area (Å²) in [5.74, 6) is 1.22. The van der Waals surface area contributed by atoms with Gasteiger partial charge in [0.25, 0.3) is 11.6 Å². The zero-order chi connectivity index (χ0) is 18.8. The Bertz CT molecular complexity index is 958. The lowest BCUT2D eigenvalue weighted by atomic mass is 10.1. The van der Waals surface area contributed by atoms with Gasteiger partial charge in [-0.15, -0.1) is 0 Å². The topological polar surface area (TPSA) is 122 Å². The van der Waals surface area contributed by atoms with E-state index in [1.807, 2.05) is 0 Å². The lowest BCUT2D eigenvalue weighted by molar-refractivity contribution is -0.385. The Balaban J connectivity index is 1.51. The van der Waals surface area contributed by atoms with Crippen molar-refractivity contribution in [1.29, 1.82) is 0 Å². The fourth-order valence-electron chi connectivity index (χ4n) is 2.62. The molecule has 27 heavy (non-hydrogen) atoms. The first-order chi connectivity index (χ1) is 13.1. The second kappa shape index (κ2) is 6.83. The number of nitro groups is 1. The molecule has 0 fully saturated rings. The zero-order valence-electron chi connectivity index (χ0n) is 13.8. The van der Waals surface area contributed by atoms with Crippen LogP contribution in [0.3, 0.4) is 0 Å². The van der Waals surface area contributed by atoms with Gasteiger partial charge in [0.05, 0.1) is 22.8 Å². The number of hydrazone groups is 1. The highest BCUT2D eigenvalue weighted by Crippen LogP contribution is 2.37. The number of nitrogens with one attached hydrogen (secondary N) is 1. The molecule has 0 atom stereocenters. The van der Waals surface area contributed by atoms with E-state index in [9.17, 15) is 14.9 Å². The number of carbonyl (C=O) groups is 1. The van der Waals surface area contributed by atoms with Crippen LogP contribution in [-0.2, 0) is 0 Å². The predicted octanol–water partition coefficient (Wildman–Crippen LogP) is 1.86. The second-order valence-corrected chi connectivity index (χ2v) is 5.58. The molecule has 0 bridgehead atoms. The van der Waals surface area contributed by atoms with Crippen LogP contribution in [0.15, 0.2) is 35.4 Å². The minimum atomic E-state index is -0.564. The zero-order valence-corrected chi connectivity index (χ0v) is 13.8. The maximum atomic E-state index is 12.2. The lowest BCUT2D eigenvalue weighted by Crippen LogP contribution is -2.19. The van der Waals surface area contributed by atoms with Crippen LogP contribution in [0.2, 0.25) is 0 Å². The minimum absolute atomic E-state index is 0.00602. The van der Waals surface area contributed by atoms with Gasteiger partial charge in [0.2, 0.25) is 6.79 Å². The molecule has 0 spiro atoms. The fourth-order valence-corrected chi connectivity index (χ4v) is 2.62. The van der Waals surface area contributed by atoms with Gasteiger partial charge in [0.1, 0.15) is 13.2 Å². The van der Waals surface area contributed by atoms with Crippen LogP contribution in [0.5, 0.6) is 23.0 Å². The van der Waals surface area contributed by atoms with Crippen molar-refractivity contribution in [3.63, 3.8) is 0 Å². The van der Waals surface area contributed by atoms with Crippen molar-refractivity contribution in [2.45, 2.75) is 0 Å². The highest BCUT2D eigenvalue weighted by atomic mass is 16.7. The van der Waals surface area contributed by atoms with Crippen LogP contribution in [-0.4, -0.2) is 37.1 Å². The summed E-state index contributed by atoms with van der Waals surface area (Å²) >= 11 is 0. The van der Waals surface area contributed by atoms with E-state index in [1.54, 1.807) is 18.2 Å². The lowest BCUT2D eigenvalue weighted by Gasteiger charge is -2.18. The van der Waals surface area contributed by atoms with Crippen molar-refractivity contribution in [1.82, 2.24) is 5.43 Å². The maximum absolute atomic E-state index is 12.2. The van der Waals surface area contributed by atoms with Crippen LogP contribution in [0.4, 0.5) is 5.69 Å². The Morgan fingerprint density at radius 3 is 2.52 bits per heavy atom. The molecule has 2 aliphatic rings. The average Bonchev–Trinajstić information content (AvgIpc) is 3.14. The quantitative estimate of drug-likeness (QED) is 0.494. The van der Waals surface area contributed by atoms with Gasteiger partial charge < -0.3 is 18.9 Å². The number of hydrogen-bond donors (Lipinski definition) is 1. The van der Waals surface area contributed by atoms with Crippen LogP contribution < -0.4 is 24.4 Å². The van der Waals surface area contributed by atoms with Gasteiger partial charge in [0.15, 0.2) is 23.0 Å². The molecule has 10 heteroatoms. The summed E-state index contributed by atoms with van der Waals surface area (Å²) < 4.78 is 21.2. The summed E-state index contributed by atoms with van der Waals surface area (Å²) in [4.78, 5) is 22.9. The largest absolute Gasteiger partial charge is 0.486 e. The molecule has 2 aromatic carbocycles. The Morgan fingerprint density at radius 1 is 1.04 bits per heavy atom. The Kier molecular flexibility index (Phi) is 4.21. The summed E-state index contributed by atoms with van der Waals surface area (Å²) in [5.41, 5.74) is 2.61. The average molecular weight is 371 g/mol. The fraction of sp³-hybridized carbons (Fsp3) is 0.176. The Labute approximate surface area is 152 Å². The van der Waals surface area contributed by atoms with E-state index >= 15 is 0 Å². The third kappa shape index (κ3) is 3.32. The molecule has 0 aliphatic carbocycles. The minimum Gasteiger partial charge on any atom is -0.486 e. The van der Waals surface area contributed by atoms with Crippen LogP contribution in [0.1, 0.15) is 15.9 Å². The summed E-state index contributed by atoms with van der Waals surface area (Å²) in [7, 11) is 0. The number of nitrogens with zero attached hydrogens (tertiary/aromatic N) is 2. The number of nitro benzene ring substituents is 1. The first kappa shape index (κ1) is 16.6. The molecule has 138 valence electrons. The first-order valence-electron chi connectivity index (χ1n) is 7.93. The molecule has 2 aromatic rings. The van der Waals surface area contributed by atoms with Gasteiger partial charge in [-0.25, -0.2) is 5.43 Å². The van der Waals surface area contributed by atoms with E-state index in [0.29, 0.717) is 41.8 Å². The molecule has 10 nitrogen and oxygen atoms in total.